The van der Waals surface area contributed by atoms with Crippen molar-refractivity contribution in [2.75, 3.05) is 13.6 Å². The number of amides is 2. The number of hydrogen-bond acceptors (Lipinski definition) is 5. The third kappa shape index (κ3) is 8.32. The molecule has 1 aliphatic carbocycles. The number of ketones is 1. The van der Waals surface area contributed by atoms with Gasteiger partial charge in [-0.05, 0) is 93.5 Å². The third-order valence-electron chi connectivity index (χ3n) is 8.39. The lowest BCUT2D eigenvalue weighted by Gasteiger charge is -2.32. The molecule has 41 heavy (non-hydrogen) atoms. The minimum Gasteiger partial charge on any atom is -0.489 e. The summed E-state index contributed by atoms with van der Waals surface area (Å²) in [5.41, 5.74) is 3.43. The molecule has 1 aliphatic heterocycles. The van der Waals surface area contributed by atoms with Crippen molar-refractivity contribution < 1.29 is 19.1 Å². The molecule has 8 heteroatoms. The number of carbonyl (C=O) groups excluding carboxylic acids is 3. The van der Waals surface area contributed by atoms with Crippen LogP contribution in [0, 0.1) is 5.92 Å². The Morgan fingerprint density at radius 2 is 1.83 bits per heavy atom. The summed E-state index contributed by atoms with van der Waals surface area (Å²) in [7, 11) is 1.67. The van der Waals surface area contributed by atoms with Gasteiger partial charge in [-0.2, -0.15) is 0 Å². The van der Waals surface area contributed by atoms with Gasteiger partial charge in [0.05, 0.1) is 12.1 Å². The van der Waals surface area contributed by atoms with E-state index < -0.39 is 12.1 Å². The van der Waals surface area contributed by atoms with Gasteiger partial charge in [-0.25, -0.2) is 0 Å². The van der Waals surface area contributed by atoms with Gasteiger partial charge in [-0.3, -0.25) is 14.4 Å². The van der Waals surface area contributed by atoms with Crippen LogP contribution in [0.25, 0.3) is 0 Å². The van der Waals surface area contributed by atoms with E-state index in [-0.39, 0.29) is 35.7 Å². The van der Waals surface area contributed by atoms with Crippen molar-refractivity contribution in [3.63, 3.8) is 0 Å². The van der Waals surface area contributed by atoms with E-state index in [9.17, 15) is 14.4 Å². The Bertz CT molecular complexity index is 1210. The van der Waals surface area contributed by atoms with Gasteiger partial charge < -0.3 is 20.3 Å². The summed E-state index contributed by atoms with van der Waals surface area (Å²) < 4.78 is 6.47. The Balaban J connectivity index is 1.34. The average Bonchev–Trinajstić information content (AvgIpc) is 3.81. The van der Waals surface area contributed by atoms with Gasteiger partial charge in [0.1, 0.15) is 17.9 Å². The largest absolute Gasteiger partial charge is 0.489 e. The Morgan fingerprint density at radius 3 is 2.49 bits per heavy atom. The number of benzene rings is 2. The maximum atomic E-state index is 13.6. The van der Waals surface area contributed by atoms with E-state index in [1.165, 1.54) is 23.0 Å². The summed E-state index contributed by atoms with van der Waals surface area (Å²) in [6.45, 7) is 5.95. The topological polar surface area (TPSA) is 87.7 Å². The van der Waals surface area contributed by atoms with Crippen LogP contribution in [0.15, 0.2) is 42.5 Å². The summed E-state index contributed by atoms with van der Waals surface area (Å²) in [5.74, 6) is 0.683. The van der Waals surface area contributed by atoms with Crippen LogP contribution in [0.3, 0.4) is 0 Å². The number of rotatable bonds is 14. The van der Waals surface area contributed by atoms with Gasteiger partial charge >= 0.3 is 0 Å². The molecular weight excluding hydrogens is 538 g/mol. The zero-order valence-corrected chi connectivity index (χ0v) is 25.5. The van der Waals surface area contributed by atoms with Crippen molar-refractivity contribution in [2.24, 2.45) is 5.92 Å². The molecule has 1 saturated carbocycles. The van der Waals surface area contributed by atoms with Crippen molar-refractivity contribution in [1.29, 1.82) is 0 Å². The maximum Gasteiger partial charge on any atom is 0.243 e. The summed E-state index contributed by atoms with van der Waals surface area (Å²) in [5, 5.41) is 6.97. The molecule has 2 aromatic carbocycles. The van der Waals surface area contributed by atoms with E-state index in [2.05, 4.69) is 35.8 Å². The molecule has 0 bridgehead atoms. The first-order chi connectivity index (χ1) is 19.7. The van der Waals surface area contributed by atoms with Crippen molar-refractivity contribution in [1.82, 2.24) is 15.5 Å². The molecule has 2 aliphatic rings. The molecular formula is C33H44ClN3O4. The van der Waals surface area contributed by atoms with Crippen LogP contribution >= 0.6 is 11.6 Å². The second kappa shape index (κ2) is 14.3. The SMILES string of the molecule is CCCCc1cccc2c1OC(CN[C@H](C(=O)N(C)[C@H](C)C(=O)N[C@H](Cc1ccc(Cl)cc1)C(C)=O)C1CC1)CC2. The first-order valence-corrected chi connectivity index (χ1v) is 15.4. The van der Waals surface area contributed by atoms with Crippen molar-refractivity contribution >= 4 is 29.2 Å². The van der Waals surface area contributed by atoms with E-state index in [1.54, 1.807) is 26.1 Å². The van der Waals surface area contributed by atoms with E-state index in [1.807, 2.05) is 12.1 Å². The van der Waals surface area contributed by atoms with Gasteiger partial charge in [0.25, 0.3) is 0 Å². The fraction of sp³-hybridized carbons (Fsp3) is 0.545. The number of fused-ring (bicyclic) bond motifs is 1. The number of hydrogen-bond donors (Lipinski definition) is 2. The highest BCUT2D eigenvalue weighted by molar-refractivity contribution is 6.30. The first kappa shape index (κ1) is 31.0. The number of para-hydroxylation sites is 1. The minimum absolute atomic E-state index is 0.00505. The maximum absolute atomic E-state index is 13.6. The molecule has 4 atom stereocenters. The summed E-state index contributed by atoms with van der Waals surface area (Å²) in [6, 6.07) is 11.9. The van der Waals surface area contributed by atoms with E-state index in [0.717, 1.165) is 56.3 Å². The van der Waals surface area contributed by atoms with Crippen LogP contribution in [0.2, 0.25) is 5.02 Å². The van der Waals surface area contributed by atoms with Crippen LogP contribution in [0.5, 0.6) is 5.75 Å². The van der Waals surface area contributed by atoms with Crippen LogP contribution in [0.1, 0.15) is 69.6 Å². The Hall–Kier alpha value is -2.90. The number of nitrogens with zero attached hydrogens (tertiary/aromatic N) is 1. The average molecular weight is 582 g/mol. The molecule has 2 N–H and O–H groups in total. The van der Waals surface area contributed by atoms with Gasteiger partial charge in [-0.15, -0.1) is 0 Å². The van der Waals surface area contributed by atoms with Crippen molar-refractivity contribution in [3.8, 4) is 5.75 Å². The summed E-state index contributed by atoms with van der Waals surface area (Å²) >= 11 is 5.98. The lowest BCUT2D eigenvalue weighted by molar-refractivity contribution is -0.141. The molecule has 2 amide bonds. The lowest BCUT2D eigenvalue weighted by Crippen LogP contribution is -2.56. The molecule has 4 rings (SSSR count). The predicted molar refractivity (Wildman–Crippen MR) is 162 cm³/mol. The number of unbranched alkanes of at least 4 members (excludes halogenated alkanes) is 1. The molecule has 1 unspecified atom stereocenters. The van der Waals surface area contributed by atoms with Crippen molar-refractivity contribution in [2.45, 2.75) is 96.4 Å². The Labute approximate surface area is 249 Å². The number of carbonyl (C=O) groups is 3. The van der Waals surface area contributed by atoms with Gasteiger partial charge in [0, 0.05) is 18.6 Å². The number of halogens is 1. The number of nitrogens with one attached hydrogen (secondary N) is 2. The lowest BCUT2D eigenvalue weighted by atomic mass is 9.96. The van der Waals surface area contributed by atoms with Crippen LogP contribution in [-0.2, 0) is 33.6 Å². The second-order valence-electron chi connectivity index (χ2n) is 11.6. The number of aryl methyl sites for hydroxylation is 2. The molecule has 0 radical (unpaired) electrons. The fourth-order valence-corrected chi connectivity index (χ4v) is 5.54. The van der Waals surface area contributed by atoms with Crippen LogP contribution < -0.4 is 15.4 Å². The van der Waals surface area contributed by atoms with Gasteiger partial charge in [-0.1, -0.05) is 55.3 Å². The Morgan fingerprint density at radius 1 is 1.10 bits per heavy atom. The monoisotopic (exact) mass is 581 g/mol. The summed E-state index contributed by atoms with van der Waals surface area (Å²) in [4.78, 5) is 40.6. The smallest absolute Gasteiger partial charge is 0.243 e. The van der Waals surface area contributed by atoms with E-state index >= 15 is 0 Å². The first-order valence-electron chi connectivity index (χ1n) is 15.0. The zero-order valence-electron chi connectivity index (χ0n) is 24.8. The molecule has 2 aromatic rings. The molecule has 7 nitrogen and oxygen atoms in total. The highest BCUT2D eigenvalue weighted by atomic mass is 35.5. The van der Waals surface area contributed by atoms with E-state index in [4.69, 9.17) is 16.3 Å². The molecule has 1 fully saturated rings. The quantitative estimate of drug-likeness (QED) is 0.331. The Kier molecular flexibility index (Phi) is 10.8. The van der Waals surface area contributed by atoms with Gasteiger partial charge in [0.15, 0.2) is 5.78 Å². The number of Topliss-reactive ketones (excluding diaryl/α,β-unsaturated/α-hetero) is 1. The molecule has 0 aromatic heterocycles. The summed E-state index contributed by atoms with van der Waals surface area (Å²) in [6.07, 6.45) is 7.48. The normalized spacial score (nSPS) is 18.4. The van der Waals surface area contributed by atoms with Crippen molar-refractivity contribution in [3.05, 3.63) is 64.2 Å². The van der Waals surface area contributed by atoms with Crippen LogP contribution in [0.4, 0.5) is 0 Å². The molecule has 0 spiro atoms. The highest BCUT2D eigenvalue weighted by Gasteiger charge is 2.40. The van der Waals surface area contributed by atoms with E-state index in [0.29, 0.717) is 18.0 Å². The number of likely N-dealkylation sites (N-methyl/N-ethyl adjacent to an activating group) is 1. The third-order valence-corrected chi connectivity index (χ3v) is 8.64. The molecule has 222 valence electrons. The molecule has 0 saturated heterocycles. The fourth-order valence-electron chi connectivity index (χ4n) is 5.41. The standard InChI is InChI=1S/C33H44ClN3O4/c1-5-6-8-25-9-7-10-26-15-18-28(41-31(25)26)20-35-30(24-13-14-24)33(40)37(4)21(2)32(39)36-29(22(3)38)19-23-11-16-27(34)17-12-23/h7,9-12,16-17,21,24,28-30,35H,5-6,8,13-15,18-20H2,1-4H3,(H,36,39)/t21-,28?,29-,30+/m1/s1. The van der Waals surface area contributed by atoms with Crippen LogP contribution in [-0.4, -0.2) is 60.3 Å². The number of ether oxygens (including phenoxy) is 1. The van der Waals surface area contributed by atoms with Gasteiger partial charge in [0.2, 0.25) is 11.8 Å². The second-order valence-corrected chi connectivity index (χ2v) is 12.1. The highest BCUT2D eigenvalue weighted by Crippen LogP contribution is 2.35. The minimum atomic E-state index is -0.725. The molecule has 1 heterocycles. The predicted octanol–water partition coefficient (Wildman–Crippen LogP) is 4.91. The zero-order chi connectivity index (χ0) is 29.5.